The Labute approximate surface area is 134 Å². The summed E-state index contributed by atoms with van der Waals surface area (Å²) in [7, 11) is 0. The van der Waals surface area contributed by atoms with Crippen molar-refractivity contribution in [3.05, 3.63) is 46.0 Å². The van der Waals surface area contributed by atoms with Crippen LogP contribution in [0.5, 0.6) is 0 Å². The molecule has 1 fully saturated rings. The fraction of sp³-hybridized carbons (Fsp3) is 0.562. The molecule has 1 aliphatic rings. The molecule has 7 nitrogen and oxygen atoms in total. The summed E-state index contributed by atoms with van der Waals surface area (Å²) in [6.07, 6.45) is 0.287. The Morgan fingerprint density at radius 1 is 1.48 bits per heavy atom. The molecule has 0 amide bonds. The van der Waals surface area contributed by atoms with Crippen molar-refractivity contribution in [2.45, 2.75) is 38.0 Å². The summed E-state index contributed by atoms with van der Waals surface area (Å²) >= 11 is 0. The van der Waals surface area contributed by atoms with Gasteiger partial charge in [-0.25, -0.2) is 0 Å². The number of carbonyl (C=O) groups is 1. The monoisotopic (exact) mass is 322 g/mol. The van der Waals surface area contributed by atoms with Crippen molar-refractivity contribution in [1.82, 2.24) is 4.90 Å². The number of benzene rings is 1. The lowest BCUT2D eigenvalue weighted by molar-refractivity contribution is -0.549. The highest BCUT2D eigenvalue weighted by molar-refractivity contribution is 5.72. The van der Waals surface area contributed by atoms with E-state index in [-0.39, 0.29) is 19.4 Å². The van der Waals surface area contributed by atoms with Gasteiger partial charge in [0, 0.05) is 24.4 Å². The van der Waals surface area contributed by atoms with E-state index in [4.69, 9.17) is 0 Å². The molecule has 1 heterocycles. The highest BCUT2D eigenvalue weighted by Crippen LogP contribution is 2.34. The molecule has 0 radical (unpaired) electrons. The second-order valence-electron chi connectivity index (χ2n) is 6.08. The summed E-state index contributed by atoms with van der Waals surface area (Å²) in [6, 6.07) is 8.29. The standard InChI is InChI=1S/C16H22N2O5/c1-2-14(18(22)23)16(21)11-17(9-8-13(16)15(19)20)10-12-6-4-3-5-7-12/h3-7,13-14,21H,2,8-11H2,1H3,(H,19,20)/t13-,14?,16+/m0/s1. The van der Waals surface area contributed by atoms with E-state index in [1.54, 1.807) is 6.92 Å². The van der Waals surface area contributed by atoms with Crippen LogP contribution in [0.3, 0.4) is 0 Å². The number of hydrogen-bond acceptors (Lipinski definition) is 5. The molecular formula is C16H22N2O5. The molecule has 7 heteroatoms. The Morgan fingerprint density at radius 3 is 2.65 bits per heavy atom. The second kappa shape index (κ2) is 7.06. The fourth-order valence-corrected chi connectivity index (χ4v) is 3.45. The van der Waals surface area contributed by atoms with E-state index < -0.39 is 28.5 Å². The average molecular weight is 322 g/mol. The van der Waals surface area contributed by atoms with Crippen LogP contribution >= 0.6 is 0 Å². The number of carboxylic acids is 1. The van der Waals surface area contributed by atoms with E-state index in [9.17, 15) is 25.1 Å². The molecule has 1 aliphatic heterocycles. The minimum atomic E-state index is -1.86. The third-order valence-corrected chi connectivity index (χ3v) is 4.58. The molecule has 0 saturated carbocycles. The molecule has 2 N–H and O–H groups in total. The van der Waals surface area contributed by atoms with Crippen LogP contribution in [0.2, 0.25) is 0 Å². The number of likely N-dealkylation sites (tertiary alicyclic amines) is 1. The van der Waals surface area contributed by atoms with Gasteiger partial charge in [-0.2, -0.15) is 0 Å². The number of carboxylic acid groups (broad SMARTS) is 1. The van der Waals surface area contributed by atoms with Crippen LogP contribution in [0.15, 0.2) is 30.3 Å². The highest BCUT2D eigenvalue weighted by atomic mass is 16.6. The van der Waals surface area contributed by atoms with Gasteiger partial charge in [0.05, 0.1) is 5.92 Å². The van der Waals surface area contributed by atoms with Gasteiger partial charge in [0.1, 0.15) is 0 Å². The molecule has 23 heavy (non-hydrogen) atoms. The molecule has 1 unspecified atom stereocenters. The lowest BCUT2D eigenvalue weighted by Crippen LogP contribution is -2.63. The van der Waals surface area contributed by atoms with Crippen LogP contribution in [0.4, 0.5) is 0 Å². The Morgan fingerprint density at radius 2 is 2.13 bits per heavy atom. The molecule has 3 atom stereocenters. The van der Waals surface area contributed by atoms with E-state index in [1.807, 2.05) is 35.2 Å². The topological polar surface area (TPSA) is 104 Å². The smallest absolute Gasteiger partial charge is 0.309 e. The summed E-state index contributed by atoms with van der Waals surface area (Å²) in [4.78, 5) is 24.1. The van der Waals surface area contributed by atoms with E-state index >= 15 is 0 Å². The third kappa shape index (κ3) is 3.68. The molecule has 1 saturated heterocycles. The molecule has 2 rings (SSSR count). The maximum atomic E-state index is 11.5. The van der Waals surface area contributed by atoms with Crippen LogP contribution in [0, 0.1) is 16.0 Å². The third-order valence-electron chi connectivity index (χ3n) is 4.58. The maximum absolute atomic E-state index is 11.5. The van der Waals surface area contributed by atoms with Crippen molar-refractivity contribution < 1.29 is 19.9 Å². The second-order valence-corrected chi connectivity index (χ2v) is 6.08. The van der Waals surface area contributed by atoms with Crippen LogP contribution in [0.25, 0.3) is 0 Å². The minimum Gasteiger partial charge on any atom is -0.481 e. The first-order valence-corrected chi connectivity index (χ1v) is 7.73. The largest absolute Gasteiger partial charge is 0.481 e. The van der Waals surface area contributed by atoms with Gasteiger partial charge in [-0.1, -0.05) is 37.3 Å². The Hall–Kier alpha value is -1.99. The molecular weight excluding hydrogens is 300 g/mol. The van der Waals surface area contributed by atoms with Crippen molar-refractivity contribution in [1.29, 1.82) is 0 Å². The highest BCUT2D eigenvalue weighted by Gasteiger charge is 2.55. The van der Waals surface area contributed by atoms with Crippen molar-refractivity contribution in [2.24, 2.45) is 5.92 Å². The zero-order valence-electron chi connectivity index (χ0n) is 13.1. The van der Waals surface area contributed by atoms with Gasteiger partial charge >= 0.3 is 5.97 Å². The average Bonchev–Trinajstić information content (AvgIpc) is 2.47. The molecule has 0 aliphatic carbocycles. The number of hydrogen-bond donors (Lipinski definition) is 2. The van der Waals surface area contributed by atoms with Crippen molar-refractivity contribution in [3.63, 3.8) is 0 Å². The molecule has 1 aromatic carbocycles. The van der Waals surface area contributed by atoms with Gasteiger partial charge in [0.15, 0.2) is 5.60 Å². The number of nitrogens with zero attached hydrogens (tertiary/aromatic N) is 2. The summed E-state index contributed by atoms with van der Waals surface area (Å²) in [5, 5.41) is 31.6. The summed E-state index contributed by atoms with van der Waals surface area (Å²) in [5.74, 6) is -2.29. The zero-order valence-corrected chi connectivity index (χ0v) is 13.1. The molecule has 1 aromatic rings. The van der Waals surface area contributed by atoms with Crippen LogP contribution in [-0.2, 0) is 11.3 Å². The van der Waals surface area contributed by atoms with Crippen molar-refractivity contribution in [3.8, 4) is 0 Å². The minimum absolute atomic E-state index is 0.0155. The number of piperidine rings is 1. The Kier molecular flexibility index (Phi) is 5.33. The number of nitro groups is 1. The van der Waals surface area contributed by atoms with Crippen molar-refractivity contribution in [2.75, 3.05) is 13.1 Å². The SMILES string of the molecule is CCC([N+](=O)[O-])[C@@]1(O)CN(Cc2ccccc2)CC[C@H]1C(=O)O. The van der Waals surface area contributed by atoms with E-state index in [1.165, 1.54) is 0 Å². The predicted molar refractivity (Wildman–Crippen MR) is 83.5 cm³/mol. The van der Waals surface area contributed by atoms with Crippen LogP contribution in [-0.4, -0.2) is 50.7 Å². The lowest BCUT2D eigenvalue weighted by atomic mass is 9.75. The quantitative estimate of drug-likeness (QED) is 0.606. The fourth-order valence-electron chi connectivity index (χ4n) is 3.45. The Bertz CT molecular complexity index is 547. The number of β-amino-alcohol motifs (C(OH)–C–C–N with tert-alkyl or cyclic N) is 1. The molecule has 0 aromatic heterocycles. The lowest BCUT2D eigenvalue weighted by Gasteiger charge is -2.43. The number of aliphatic hydroxyl groups is 1. The first-order valence-electron chi connectivity index (χ1n) is 7.73. The van der Waals surface area contributed by atoms with Gasteiger partial charge in [-0.05, 0) is 18.5 Å². The molecule has 0 bridgehead atoms. The van der Waals surface area contributed by atoms with Crippen molar-refractivity contribution >= 4 is 5.97 Å². The number of aliphatic carboxylic acids is 1. The van der Waals surface area contributed by atoms with E-state index in [0.29, 0.717) is 13.1 Å². The van der Waals surface area contributed by atoms with Gasteiger partial charge in [0.25, 0.3) is 0 Å². The van der Waals surface area contributed by atoms with Crippen LogP contribution < -0.4 is 0 Å². The van der Waals surface area contributed by atoms with E-state index in [0.717, 1.165) is 5.56 Å². The first-order chi connectivity index (χ1) is 10.9. The summed E-state index contributed by atoms with van der Waals surface area (Å²) < 4.78 is 0. The maximum Gasteiger partial charge on any atom is 0.309 e. The Balaban J connectivity index is 2.23. The number of rotatable bonds is 6. The summed E-state index contributed by atoms with van der Waals surface area (Å²) in [5.41, 5.74) is -0.838. The van der Waals surface area contributed by atoms with Gasteiger partial charge in [0.2, 0.25) is 6.04 Å². The van der Waals surface area contributed by atoms with E-state index in [2.05, 4.69) is 0 Å². The molecule has 0 spiro atoms. The predicted octanol–water partition coefficient (Wildman–Crippen LogP) is 1.38. The van der Waals surface area contributed by atoms with Gasteiger partial charge in [-0.3, -0.25) is 19.8 Å². The normalized spacial score (nSPS) is 26.6. The van der Waals surface area contributed by atoms with Gasteiger partial charge in [-0.15, -0.1) is 0 Å². The zero-order chi connectivity index (χ0) is 17.0. The van der Waals surface area contributed by atoms with Gasteiger partial charge < -0.3 is 10.2 Å². The summed E-state index contributed by atoms with van der Waals surface area (Å²) in [6.45, 7) is 2.60. The van der Waals surface area contributed by atoms with Crippen LogP contribution in [0.1, 0.15) is 25.3 Å². The molecule has 126 valence electrons. The first kappa shape index (κ1) is 17.4.